The van der Waals surface area contributed by atoms with Gasteiger partial charge in [-0.25, -0.2) is 31.9 Å². The Hall–Kier alpha value is -4.89. The fourth-order valence-electron chi connectivity index (χ4n) is 5.04. The molecule has 14 heteroatoms. The summed E-state index contributed by atoms with van der Waals surface area (Å²) in [5.74, 6) is -1.66. The molecule has 0 fully saturated rings. The maximum Gasteiger partial charge on any atom is 0.338 e. The zero-order chi connectivity index (χ0) is 35.6. The smallest absolute Gasteiger partial charge is 0.338 e. The molecule has 4 rings (SSSR count). The van der Waals surface area contributed by atoms with Crippen LogP contribution in [0.15, 0.2) is 99.7 Å². The minimum absolute atomic E-state index is 0.0797. The van der Waals surface area contributed by atoms with Gasteiger partial charge in [0.1, 0.15) is 0 Å². The summed E-state index contributed by atoms with van der Waals surface area (Å²) in [5, 5.41) is 10.7. The molecule has 1 amide bonds. The number of carbonyl (C=O) groups excluding carboxylic acids is 2. The van der Waals surface area contributed by atoms with Crippen molar-refractivity contribution < 1.29 is 31.2 Å². The van der Waals surface area contributed by atoms with E-state index >= 15 is 0 Å². The quantitative estimate of drug-likeness (QED) is 0.106. The molecule has 0 radical (unpaired) electrons. The van der Waals surface area contributed by atoms with Gasteiger partial charge in [0.05, 0.1) is 22.5 Å². The van der Waals surface area contributed by atoms with Crippen molar-refractivity contribution in [1.29, 1.82) is 0 Å². The summed E-state index contributed by atoms with van der Waals surface area (Å²) in [6.07, 6.45) is 2.76. The van der Waals surface area contributed by atoms with Gasteiger partial charge in [-0.1, -0.05) is 87.4 Å². The predicted molar refractivity (Wildman–Crippen MR) is 186 cm³/mol. The number of aryl methyl sites for hydroxylation is 2. The molecule has 0 spiro atoms. The second-order valence-corrected chi connectivity index (χ2v) is 13.7. The van der Waals surface area contributed by atoms with E-state index in [1.54, 1.807) is 48.5 Å². The lowest BCUT2D eigenvalue weighted by molar-refractivity contribution is 0.0599. The van der Waals surface area contributed by atoms with E-state index in [-0.39, 0.29) is 20.9 Å². The van der Waals surface area contributed by atoms with Crippen molar-refractivity contribution in [1.82, 2.24) is 0 Å². The van der Waals surface area contributed by atoms with Gasteiger partial charge in [-0.15, -0.1) is 0 Å². The molecule has 0 aliphatic heterocycles. The van der Waals surface area contributed by atoms with Crippen molar-refractivity contribution in [3.63, 3.8) is 0 Å². The van der Waals surface area contributed by atoms with Crippen LogP contribution in [-0.2, 0) is 37.6 Å². The highest BCUT2D eigenvalue weighted by Gasteiger charge is 2.23. The number of primary sulfonamides is 2. The largest absolute Gasteiger partial charge is 0.465 e. The van der Waals surface area contributed by atoms with Crippen molar-refractivity contribution in [2.24, 2.45) is 26.7 Å². The van der Waals surface area contributed by atoms with Gasteiger partial charge in [0.2, 0.25) is 20.0 Å². The highest BCUT2D eigenvalue weighted by Crippen LogP contribution is 2.32. The number of guanidine groups is 1. The van der Waals surface area contributed by atoms with E-state index in [2.05, 4.69) is 4.99 Å². The SMILES string of the molecule is CCCc1cc(-c2ccccc2)c(S(N)(=O)=O)cc1C(=O)N=C(N)N.CCCc1cc(-c2ccccc2)c(S(N)(=O)=O)cc1C(=O)OC. The van der Waals surface area contributed by atoms with Crippen LogP contribution in [0.4, 0.5) is 0 Å². The summed E-state index contributed by atoms with van der Waals surface area (Å²) in [4.78, 5) is 27.6. The number of ether oxygens (including phenoxy) is 1. The van der Waals surface area contributed by atoms with Gasteiger partial charge in [-0.3, -0.25) is 4.79 Å². The fourth-order valence-corrected chi connectivity index (χ4v) is 6.57. The molecule has 0 saturated heterocycles. The molecule has 48 heavy (non-hydrogen) atoms. The summed E-state index contributed by atoms with van der Waals surface area (Å²) >= 11 is 0. The molecular formula is C34H39N5O7S2. The highest BCUT2D eigenvalue weighted by molar-refractivity contribution is 7.89. The summed E-state index contributed by atoms with van der Waals surface area (Å²) in [5.41, 5.74) is 14.6. The van der Waals surface area contributed by atoms with Gasteiger partial charge in [-0.05, 0) is 59.4 Å². The Bertz CT molecular complexity index is 2030. The maximum atomic E-state index is 12.3. The van der Waals surface area contributed by atoms with Crippen molar-refractivity contribution in [2.45, 2.75) is 49.3 Å². The molecule has 4 aromatic rings. The molecule has 0 aromatic heterocycles. The van der Waals surface area contributed by atoms with Crippen LogP contribution in [0.3, 0.4) is 0 Å². The molecule has 0 atom stereocenters. The molecular weight excluding hydrogens is 655 g/mol. The molecule has 0 aliphatic rings. The van der Waals surface area contributed by atoms with E-state index in [0.29, 0.717) is 35.1 Å². The monoisotopic (exact) mass is 693 g/mol. The average molecular weight is 694 g/mol. The maximum absolute atomic E-state index is 12.3. The highest BCUT2D eigenvalue weighted by atomic mass is 32.2. The molecule has 0 aliphatic carbocycles. The van der Waals surface area contributed by atoms with Gasteiger partial charge in [0.25, 0.3) is 5.91 Å². The lowest BCUT2D eigenvalue weighted by Crippen LogP contribution is -2.24. The van der Waals surface area contributed by atoms with Crippen LogP contribution >= 0.6 is 0 Å². The number of esters is 1. The minimum atomic E-state index is -4.06. The van der Waals surface area contributed by atoms with Gasteiger partial charge in [0.15, 0.2) is 5.96 Å². The van der Waals surface area contributed by atoms with Crippen molar-refractivity contribution in [2.75, 3.05) is 7.11 Å². The third kappa shape index (κ3) is 9.58. The second-order valence-electron chi connectivity index (χ2n) is 10.7. The van der Waals surface area contributed by atoms with Crippen molar-refractivity contribution in [3.8, 4) is 22.3 Å². The van der Waals surface area contributed by atoms with Gasteiger partial charge >= 0.3 is 5.97 Å². The Labute approximate surface area is 280 Å². The van der Waals surface area contributed by atoms with Gasteiger partial charge in [-0.2, -0.15) is 4.99 Å². The number of hydrogen-bond acceptors (Lipinski definition) is 7. The van der Waals surface area contributed by atoms with E-state index in [0.717, 1.165) is 24.0 Å². The first-order valence-corrected chi connectivity index (χ1v) is 17.9. The molecule has 254 valence electrons. The Kier molecular flexibility index (Phi) is 12.7. The van der Waals surface area contributed by atoms with Gasteiger partial charge < -0.3 is 16.2 Å². The molecule has 12 nitrogen and oxygen atoms in total. The van der Waals surface area contributed by atoms with Crippen molar-refractivity contribution >= 4 is 37.9 Å². The minimum Gasteiger partial charge on any atom is -0.465 e. The second kappa shape index (κ2) is 16.3. The number of aliphatic imine (C=N–C) groups is 1. The van der Waals surface area contributed by atoms with E-state index in [4.69, 9.17) is 26.5 Å². The van der Waals surface area contributed by atoms with Crippen LogP contribution in [0.25, 0.3) is 22.3 Å². The number of methoxy groups -OCH3 is 1. The van der Waals surface area contributed by atoms with Crippen LogP contribution in [0.2, 0.25) is 0 Å². The van der Waals surface area contributed by atoms with Crippen LogP contribution in [-0.4, -0.2) is 41.8 Å². The fraction of sp³-hybridized carbons (Fsp3) is 0.206. The van der Waals surface area contributed by atoms with Crippen molar-refractivity contribution in [3.05, 3.63) is 107 Å². The molecule has 0 bridgehead atoms. The van der Waals surface area contributed by atoms with Crippen LogP contribution in [0.5, 0.6) is 0 Å². The van der Waals surface area contributed by atoms with Crippen LogP contribution in [0.1, 0.15) is 58.5 Å². The lowest BCUT2D eigenvalue weighted by atomic mass is 9.96. The first-order valence-electron chi connectivity index (χ1n) is 14.8. The van der Waals surface area contributed by atoms with E-state index in [1.807, 2.05) is 38.1 Å². The predicted octanol–water partition coefficient (Wildman–Crippen LogP) is 4.11. The van der Waals surface area contributed by atoms with Crippen LogP contribution in [0, 0.1) is 0 Å². The number of benzene rings is 4. The third-order valence-electron chi connectivity index (χ3n) is 7.10. The van der Waals surface area contributed by atoms with Crippen LogP contribution < -0.4 is 21.7 Å². The number of nitrogens with two attached hydrogens (primary N) is 4. The molecule has 0 heterocycles. The molecule has 0 unspecified atom stereocenters. The molecule has 0 saturated carbocycles. The molecule has 4 aromatic carbocycles. The van der Waals surface area contributed by atoms with E-state index in [9.17, 15) is 26.4 Å². The Balaban J connectivity index is 0.000000261. The lowest BCUT2D eigenvalue weighted by Gasteiger charge is -2.14. The Morgan fingerprint density at radius 3 is 1.42 bits per heavy atom. The number of sulfonamides is 2. The Morgan fingerprint density at radius 2 is 1.06 bits per heavy atom. The average Bonchev–Trinajstić information content (AvgIpc) is 3.04. The topological polar surface area (TPSA) is 228 Å². The third-order valence-corrected chi connectivity index (χ3v) is 9.00. The normalized spacial score (nSPS) is 11.2. The number of rotatable bonds is 10. The number of amides is 1. The standard InChI is InChI=1S/C17H20N4O3S.C17H19NO4S/c1-2-6-12-9-13(11-7-4-3-5-8-11)15(25(20,23)24)10-14(12)16(22)21-17(18)19;1-3-7-13-10-14(12-8-5-4-6-9-12)16(23(18,20)21)11-15(13)17(19)22-2/h3-5,7-10H,2,6H2,1H3,(H2,20,23,24)(H4,18,19,21,22);4-6,8-11H,3,7H2,1-2H3,(H2,18,20,21). The van der Waals surface area contributed by atoms with Gasteiger partial charge in [0, 0.05) is 16.7 Å². The number of hydrogen-bond donors (Lipinski definition) is 4. The number of nitrogens with zero attached hydrogens (tertiary/aromatic N) is 1. The summed E-state index contributed by atoms with van der Waals surface area (Å²) in [6, 6.07) is 24.0. The number of carbonyl (C=O) groups is 2. The summed E-state index contributed by atoms with van der Waals surface area (Å²) in [6.45, 7) is 3.93. The zero-order valence-corrected chi connectivity index (χ0v) is 28.5. The summed E-state index contributed by atoms with van der Waals surface area (Å²) < 4.78 is 52.9. The first kappa shape index (κ1) is 37.6. The zero-order valence-electron chi connectivity index (χ0n) is 26.8. The van der Waals surface area contributed by atoms with E-state index in [1.165, 1.54) is 19.2 Å². The Morgan fingerprint density at radius 1 is 0.667 bits per heavy atom. The first-order chi connectivity index (χ1) is 22.6. The summed E-state index contributed by atoms with van der Waals surface area (Å²) in [7, 11) is -6.78. The van der Waals surface area contributed by atoms with E-state index < -0.39 is 37.9 Å². The molecule has 8 N–H and O–H groups in total.